The van der Waals surface area contributed by atoms with Crippen molar-refractivity contribution in [2.75, 3.05) is 24.8 Å². The smallest absolute Gasteiger partial charge is 0.121 e. The van der Waals surface area contributed by atoms with Crippen LogP contribution in [0, 0.1) is 11.3 Å². The summed E-state index contributed by atoms with van der Waals surface area (Å²) in [6.07, 6.45) is 0. The summed E-state index contributed by atoms with van der Waals surface area (Å²) in [5.41, 5.74) is 9.34. The molecule has 0 bridgehead atoms. The molecule has 0 heterocycles. The van der Waals surface area contributed by atoms with Gasteiger partial charge in [0.25, 0.3) is 0 Å². The lowest BCUT2D eigenvalue weighted by Crippen LogP contribution is -2.17. The lowest BCUT2D eigenvalue weighted by atomic mass is 10.1. The molecule has 0 fully saturated rings. The Morgan fingerprint density at radius 3 is 2.75 bits per heavy atom. The van der Waals surface area contributed by atoms with Gasteiger partial charge in [0.05, 0.1) is 30.1 Å². The first-order valence-corrected chi connectivity index (χ1v) is 6.27. The van der Waals surface area contributed by atoms with Crippen molar-refractivity contribution in [3.8, 4) is 11.8 Å². The van der Waals surface area contributed by atoms with Gasteiger partial charge < -0.3 is 15.4 Å². The Kier molecular flexibility index (Phi) is 4.11. The van der Waals surface area contributed by atoms with Gasteiger partial charge in [0.1, 0.15) is 5.75 Å². The molecular weight excluding hydrogens is 250 g/mol. The number of methoxy groups -OCH3 is 1. The highest BCUT2D eigenvalue weighted by atomic mass is 16.5. The van der Waals surface area contributed by atoms with Gasteiger partial charge in [0, 0.05) is 19.7 Å². The zero-order chi connectivity index (χ0) is 14.5. The molecule has 20 heavy (non-hydrogen) atoms. The van der Waals surface area contributed by atoms with Gasteiger partial charge >= 0.3 is 0 Å². The summed E-state index contributed by atoms with van der Waals surface area (Å²) in [5, 5.41) is 8.93. The van der Waals surface area contributed by atoms with Crippen LogP contribution in [0.4, 0.5) is 11.4 Å². The molecule has 4 heteroatoms. The molecule has 0 aliphatic rings. The largest absolute Gasteiger partial charge is 0.497 e. The second-order valence-electron chi connectivity index (χ2n) is 4.59. The zero-order valence-corrected chi connectivity index (χ0v) is 11.6. The van der Waals surface area contributed by atoms with Crippen molar-refractivity contribution in [1.82, 2.24) is 0 Å². The predicted molar refractivity (Wildman–Crippen MR) is 80.7 cm³/mol. The molecule has 2 aromatic carbocycles. The Morgan fingerprint density at radius 2 is 2.05 bits per heavy atom. The van der Waals surface area contributed by atoms with Gasteiger partial charge in [-0.3, -0.25) is 0 Å². The molecule has 102 valence electrons. The normalized spacial score (nSPS) is 9.85. The Morgan fingerprint density at radius 1 is 1.25 bits per heavy atom. The summed E-state index contributed by atoms with van der Waals surface area (Å²) in [6.45, 7) is 0.673. The van der Waals surface area contributed by atoms with Crippen molar-refractivity contribution in [2.24, 2.45) is 0 Å². The fourth-order valence-corrected chi connectivity index (χ4v) is 2.08. The number of benzene rings is 2. The van der Waals surface area contributed by atoms with Gasteiger partial charge in [0.15, 0.2) is 0 Å². The molecule has 0 aromatic heterocycles. The van der Waals surface area contributed by atoms with E-state index < -0.39 is 0 Å². The number of nitriles is 1. The Balaban J connectivity index is 2.23. The van der Waals surface area contributed by atoms with E-state index >= 15 is 0 Å². The highest BCUT2D eigenvalue weighted by Gasteiger charge is 2.08. The van der Waals surface area contributed by atoms with Crippen LogP contribution < -0.4 is 15.4 Å². The van der Waals surface area contributed by atoms with Crippen LogP contribution >= 0.6 is 0 Å². The fourth-order valence-electron chi connectivity index (χ4n) is 2.08. The van der Waals surface area contributed by atoms with E-state index in [4.69, 9.17) is 15.7 Å². The third kappa shape index (κ3) is 3.01. The molecule has 0 spiro atoms. The van der Waals surface area contributed by atoms with Crippen LogP contribution in [0.15, 0.2) is 42.5 Å². The number of rotatable bonds is 4. The maximum atomic E-state index is 8.93. The standard InChI is InChI=1S/C16H17N3O/c1-19(11-13-5-3-4-12(8-13)10-17)16-9-14(20-2)6-7-15(16)18/h3-9H,11,18H2,1-2H3. The Bertz CT molecular complexity index is 646. The van der Waals surface area contributed by atoms with Crippen LogP contribution in [-0.2, 0) is 6.54 Å². The molecule has 0 radical (unpaired) electrons. The van der Waals surface area contributed by atoms with Crippen LogP contribution in [-0.4, -0.2) is 14.2 Å². The minimum absolute atomic E-state index is 0.662. The first kappa shape index (κ1) is 13.8. The maximum Gasteiger partial charge on any atom is 0.121 e. The van der Waals surface area contributed by atoms with Crippen molar-refractivity contribution in [3.05, 3.63) is 53.6 Å². The Labute approximate surface area is 119 Å². The van der Waals surface area contributed by atoms with E-state index in [9.17, 15) is 0 Å². The van der Waals surface area contributed by atoms with Gasteiger partial charge in [-0.15, -0.1) is 0 Å². The highest BCUT2D eigenvalue weighted by Crippen LogP contribution is 2.28. The number of nitrogens with zero attached hydrogens (tertiary/aromatic N) is 2. The van der Waals surface area contributed by atoms with E-state index in [1.165, 1.54) is 0 Å². The van der Waals surface area contributed by atoms with Gasteiger partial charge in [-0.1, -0.05) is 12.1 Å². The van der Waals surface area contributed by atoms with E-state index in [0.717, 1.165) is 17.0 Å². The molecule has 2 rings (SSSR count). The van der Waals surface area contributed by atoms with Gasteiger partial charge in [0.2, 0.25) is 0 Å². The second-order valence-corrected chi connectivity index (χ2v) is 4.59. The SMILES string of the molecule is COc1ccc(N)c(N(C)Cc2cccc(C#N)c2)c1. The van der Waals surface area contributed by atoms with E-state index in [2.05, 4.69) is 6.07 Å². The van der Waals surface area contributed by atoms with Crippen LogP contribution in [0.2, 0.25) is 0 Å². The topological polar surface area (TPSA) is 62.3 Å². The summed E-state index contributed by atoms with van der Waals surface area (Å²) in [5.74, 6) is 0.770. The lowest BCUT2D eigenvalue weighted by molar-refractivity contribution is 0.415. The minimum Gasteiger partial charge on any atom is -0.497 e. The molecule has 0 aliphatic heterocycles. The summed E-state index contributed by atoms with van der Waals surface area (Å²) in [4.78, 5) is 2.04. The molecular formula is C16H17N3O. The summed E-state index contributed by atoms with van der Waals surface area (Å²) < 4.78 is 5.22. The second kappa shape index (κ2) is 5.98. The lowest BCUT2D eigenvalue weighted by Gasteiger charge is -2.22. The third-order valence-corrected chi connectivity index (χ3v) is 3.12. The average Bonchev–Trinajstić information content (AvgIpc) is 2.47. The number of nitrogen functional groups attached to an aromatic ring is 1. The van der Waals surface area contributed by atoms with E-state index in [1.807, 2.05) is 48.3 Å². The molecule has 2 N–H and O–H groups in total. The maximum absolute atomic E-state index is 8.93. The van der Waals surface area contributed by atoms with E-state index in [-0.39, 0.29) is 0 Å². The van der Waals surface area contributed by atoms with Crippen molar-refractivity contribution < 1.29 is 4.74 Å². The van der Waals surface area contributed by atoms with Crippen LogP contribution in [0.25, 0.3) is 0 Å². The van der Waals surface area contributed by atoms with Crippen molar-refractivity contribution in [1.29, 1.82) is 5.26 Å². The quantitative estimate of drug-likeness (QED) is 0.865. The number of hydrogen-bond acceptors (Lipinski definition) is 4. The van der Waals surface area contributed by atoms with Gasteiger partial charge in [-0.05, 0) is 29.8 Å². The zero-order valence-electron chi connectivity index (χ0n) is 11.6. The van der Waals surface area contributed by atoms with E-state index in [1.54, 1.807) is 13.2 Å². The first-order chi connectivity index (χ1) is 9.63. The highest BCUT2D eigenvalue weighted by molar-refractivity contribution is 5.69. The first-order valence-electron chi connectivity index (χ1n) is 6.27. The molecule has 0 atom stereocenters. The summed E-state index contributed by atoms with van der Waals surface area (Å²) >= 11 is 0. The summed E-state index contributed by atoms with van der Waals surface area (Å²) in [7, 11) is 3.59. The predicted octanol–water partition coefficient (Wildman–Crippen LogP) is 2.79. The van der Waals surface area contributed by atoms with Crippen LogP contribution in [0.5, 0.6) is 5.75 Å². The third-order valence-electron chi connectivity index (χ3n) is 3.12. The van der Waals surface area contributed by atoms with Crippen molar-refractivity contribution in [2.45, 2.75) is 6.54 Å². The van der Waals surface area contributed by atoms with Crippen LogP contribution in [0.3, 0.4) is 0 Å². The number of ether oxygens (including phenoxy) is 1. The average molecular weight is 267 g/mol. The molecule has 0 amide bonds. The molecule has 0 saturated carbocycles. The number of nitrogens with two attached hydrogens (primary N) is 1. The molecule has 0 saturated heterocycles. The van der Waals surface area contributed by atoms with Gasteiger partial charge in [-0.25, -0.2) is 0 Å². The minimum atomic E-state index is 0.662. The van der Waals surface area contributed by atoms with Crippen LogP contribution in [0.1, 0.15) is 11.1 Å². The Hall–Kier alpha value is -2.67. The molecule has 2 aromatic rings. The van der Waals surface area contributed by atoms with Crippen molar-refractivity contribution >= 4 is 11.4 Å². The molecule has 4 nitrogen and oxygen atoms in total. The molecule has 0 aliphatic carbocycles. The van der Waals surface area contributed by atoms with Gasteiger partial charge in [-0.2, -0.15) is 5.26 Å². The monoisotopic (exact) mass is 267 g/mol. The summed E-state index contributed by atoms with van der Waals surface area (Å²) in [6, 6.07) is 15.3. The number of anilines is 2. The number of hydrogen-bond donors (Lipinski definition) is 1. The molecule has 0 unspecified atom stereocenters. The van der Waals surface area contributed by atoms with E-state index in [0.29, 0.717) is 17.8 Å². The fraction of sp³-hybridized carbons (Fsp3) is 0.188. The van der Waals surface area contributed by atoms with Crippen molar-refractivity contribution in [3.63, 3.8) is 0 Å².